The lowest BCUT2D eigenvalue weighted by atomic mass is 9.77. The zero-order valence-electron chi connectivity index (χ0n) is 21.6. The van der Waals surface area contributed by atoms with Gasteiger partial charge in [0.05, 0.1) is 13.0 Å². The minimum atomic E-state index is -1.09. The Morgan fingerprint density at radius 2 is 1.76 bits per heavy atom. The molecule has 3 atom stereocenters. The van der Waals surface area contributed by atoms with Crippen LogP contribution in [0.3, 0.4) is 0 Å². The fraction of sp³-hybridized carbons (Fsp3) is 0.323. The normalized spacial score (nSPS) is 23.7. The van der Waals surface area contributed by atoms with Gasteiger partial charge in [-0.25, -0.2) is 4.79 Å². The molecule has 0 bridgehead atoms. The van der Waals surface area contributed by atoms with Crippen LogP contribution in [0.1, 0.15) is 55.5 Å². The molecule has 37 heavy (non-hydrogen) atoms. The second-order valence-electron chi connectivity index (χ2n) is 10.7. The van der Waals surface area contributed by atoms with Crippen LogP contribution in [0.25, 0.3) is 11.8 Å². The van der Waals surface area contributed by atoms with E-state index < -0.39 is 17.4 Å². The van der Waals surface area contributed by atoms with Crippen molar-refractivity contribution in [2.24, 2.45) is 5.92 Å². The number of likely N-dealkylation sites (tertiary alicyclic amines) is 1. The van der Waals surface area contributed by atoms with Gasteiger partial charge in [0.2, 0.25) is 5.72 Å². The zero-order chi connectivity index (χ0) is 25.8. The van der Waals surface area contributed by atoms with E-state index in [0.717, 1.165) is 33.8 Å². The SMILES string of the molecule is COc1ccc([C@]23Oc4cccc5c4[C@@H](OC(c4ccccc4)=C5)[C@H]2CCN3C(=O)OC(C)(C)C)cc1. The van der Waals surface area contributed by atoms with Gasteiger partial charge >= 0.3 is 6.09 Å². The molecule has 0 saturated carbocycles. The Kier molecular flexibility index (Phi) is 5.44. The van der Waals surface area contributed by atoms with Crippen molar-refractivity contribution < 1.29 is 23.7 Å². The van der Waals surface area contributed by atoms with Gasteiger partial charge in [0.15, 0.2) is 0 Å². The molecule has 1 saturated heterocycles. The molecule has 0 radical (unpaired) electrons. The average Bonchev–Trinajstić information content (AvgIpc) is 3.29. The van der Waals surface area contributed by atoms with Crippen molar-refractivity contribution in [2.75, 3.05) is 13.7 Å². The summed E-state index contributed by atoms with van der Waals surface area (Å²) in [6.07, 6.45) is 2.08. The van der Waals surface area contributed by atoms with Gasteiger partial charge in [0, 0.05) is 23.2 Å². The van der Waals surface area contributed by atoms with E-state index in [1.807, 2.05) is 75.4 Å². The molecule has 3 aromatic carbocycles. The highest BCUT2D eigenvalue weighted by atomic mass is 16.6. The first-order chi connectivity index (χ1) is 17.8. The topological polar surface area (TPSA) is 57.2 Å². The lowest BCUT2D eigenvalue weighted by molar-refractivity contribution is -0.136. The van der Waals surface area contributed by atoms with E-state index in [1.54, 1.807) is 12.0 Å². The molecule has 0 aromatic heterocycles. The Morgan fingerprint density at radius 1 is 1.00 bits per heavy atom. The van der Waals surface area contributed by atoms with Crippen LogP contribution in [0, 0.1) is 5.92 Å². The first-order valence-corrected chi connectivity index (χ1v) is 12.7. The van der Waals surface area contributed by atoms with Gasteiger partial charge in [-0.15, -0.1) is 0 Å². The van der Waals surface area contributed by atoms with Gasteiger partial charge in [-0.05, 0) is 69.2 Å². The summed E-state index contributed by atoms with van der Waals surface area (Å²) in [6.45, 7) is 6.12. The highest BCUT2D eigenvalue weighted by Crippen LogP contribution is 2.59. The fourth-order valence-corrected chi connectivity index (χ4v) is 5.78. The molecule has 3 aliphatic heterocycles. The van der Waals surface area contributed by atoms with Crippen LogP contribution in [-0.4, -0.2) is 30.2 Å². The third-order valence-corrected chi connectivity index (χ3v) is 7.30. The van der Waals surface area contributed by atoms with E-state index in [0.29, 0.717) is 18.7 Å². The summed E-state index contributed by atoms with van der Waals surface area (Å²) in [7, 11) is 1.64. The van der Waals surface area contributed by atoms with Crippen LogP contribution < -0.4 is 9.47 Å². The van der Waals surface area contributed by atoms with Crippen LogP contribution in [-0.2, 0) is 15.2 Å². The molecule has 3 heterocycles. The Balaban J connectivity index is 1.51. The Labute approximate surface area is 217 Å². The van der Waals surface area contributed by atoms with Crippen molar-refractivity contribution in [1.29, 1.82) is 0 Å². The summed E-state index contributed by atoms with van der Waals surface area (Å²) in [5, 5.41) is 0. The molecule has 1 amide bonds. The predicted molar refractivity (Wildman–Crippen MR) is 141 cm³/mol. The van der Waals surface area contributed by atoms with Gasteiger partial charge in [-0.3, -0.25) is 4.90 Å². The van der Waals surface area contributed by atoms with Crippen molar-refractivity contribution in [2.45, 2.75) is 44.6 Å². The van der Waals surface area contributed by atoms with Crippen molar-refractivity contribution >= 4 is 17.9 Å². The van der Waals surface area contributed by atoms with Crippen molar-refractivity contribution in [3.8, 4) is 11.5 Å². The van der Waals surface area contributed by atoms with E-state index in [2.05, 4.69) is 24.3 Å². The Morgan fingerprint density at radius 3 is 2.46 bits per heavy atom. The van der Waals surface area contributed by atoms with Crippen molar-refractivity contribution in [3.63, 3.8) is 0 Å². The zero-order valence-corrected chi connectivity index (χ0v) is 21.6. The third kappa shape index (κ3) is 3.82. The molecular formula is C31H31NO5. The van der Waals surface area contributed by atoms with Crippen LogP contribution in [0.15, 0.2) is 72.8 Å². The van der Waals surface area contributed by atoms with E-state index in [9.17, 15) is 4.79 Å². The van der Waals surface area contributed by atoms with Crippen LogP contribution in [0.4, 0.5) is 4.79 Å². The molecule has 3 aliphatic rings. The Bertz CT molecular complexity index is 1360. The summed E-state index contributed by atoms with van der Waals surface area (Å²) >= 11 is 0. The standard InChI is InChI=1S/C31H31NO5/c1-30(2,3)37-29(33)32-18-17-24-28-27-21(19-26(35-28)20-9-6-5-7-10-20)11-8-12-25(27)36-31(24,32)22-13-15-23(34-4)16-14-22/h5-16,19,24,28H,17-18H2,1-4H3/t24-,28+,31+/m1/s1. The molecule has 6 heteroatoms. The van der Waals surface area contributed by atoms with Crippen LogP contribution in [0.2, 0.25) is 0 Å². The highest BCUT2D eigenvalue weighted by molar-refractivity contribution is 5.82. The molecule has 6 rings (SSSR count). The van der Waals surface area contributed by atoms with Gasteiger partial charge in [0.25, 0.3) is 0 Å². The summed E-state index contributed by atoms with van der Waals surface area (Å²) < 4.78 is 25.0. The van der Waals surface area contributed by atoms with Crippen molar-refractivity contribution in [3.05, 3.63) is 95.1 Å². The van der Waals surface area contributed by atoms with Gasteiger partial charge < -0.3 is 18.9 Å². The number of rotatable bonds is 3. The number of hydrogen-bond donors (Lipinski definition) is 0. The lowest BCUT2D eigenvalue weighted by Crippen LogP contribution is -2.56. The van der Waals surface area contributed by atoms with E-state index >= 15 is 0 Å². The first-order valence-electron chi connectivity index (χ1n) is 12.7. The second kappa shape index (κ2) is 8.58. The number of fused-ring (bicyclic) bond motifs is 2. The lowest BCUT2D eigenvalue weighted by Gasteiger charge is -2.49. The van der Waals surface area contributed by atoms with Crippen LogP contribution in [0.5, 0.6) is 11.5 Å². The average molecular weight is 498 g/mol. The van der Waals surface area contributed by atoms with Gasteiger partial charge in [0.1, 0.15) is 29.0 Å². The van der Waals surface area contributed by atoms with E-state index in [4.69, 9.17) is 18.9 Å². The molecule has 6 nitrogen and oxygen atoms in total. The summed E-state index contributed by atoms with van der Waals surface area (Å²) in [5.41, 5.74) is 2.25. The smallest absolute Gasteiger partial charge is 0.413 e. The number of carbonyl (C=O) groups is 1. The first kappa shape index (κ1) is 23.5. The number of carbonyl (C=O) groups excluding carboxylic acids is 1. The number of ether oxygens (including phenoxy) is 4. The van der Waals surface area contributed by atoms with Gasteiger partial charge in [-0.2, -0.15) is 0 Å². The van der Waals surface area contributed by atoms with Crippen molar-refractivity contribution in [1.82, 2.24) is 4.90 Å². The maximum atomic E-state index is 13.6. The highest BCUT2D eigenvalue weighted by Gasteiger charge is 2.62. The van der Waals surface area contributed by atoms with Crippen LogP contribution >= 0.6 is 0 Å². The third-order valence-electron chi connectivity index (χ3n) is 7.30. The number of amides is 1. The van der Waals surface area contributed by atoms with E-state index in [-0.39, 0.29) is 12.0 Å². The molecule has 0 spiro atoms. The number of nitrogens with zero attached hydrogens (tertiary/aromatic N) is 1. The fourth-order valence-electron chi connectivity index (χ4n) is 5.78. The summed E-state index contributed by atoms with van der Waals surface area (Å²) in [6, 6.07) is 23.9. The molecule has 3 aromatic rings. The minimum absolute atomic E-state index is 0.158. The summed E-state index contributed by atoms with van der Waals surface area (Å²) in [4.78, 5) is 15.4. The second-order valence-corrected chi connectivity index (χ2v) is 10.7. The minimum Gasteiger partial charge on any atom is -0.497 e. The molecule has 0 aliphatic carbocycles. The predicted octanol–water partition coefficient (Wildman–Crippen LogP) is 6.77. The molecule has 1 fully saturated rings. The number of benzene rings is 3. The Hall–Kier alpha value is -3.93. The number of hydrogen-bond acceptors (Lipinski definition) is 5. The molecular weight excluding hydrogens is 466 g/mol. The largest absolute Gasteiger partial charge is 0.497 e. The van der Waals surface area contributed by atoms with Gasteiger partial charge in [-0.1, -0.05) is 42.5 Å². The molecule has 0 unspecified atom stereocenters. The molecule has 190 valence electrons. The maximum absolute atomic E-state index is 13.6. The monoisotopic (exact) mass is 497 g/mol. The quantitative estimate of drug-likeness (QED) is 0.400. The maximum Gasteiger partial charge on any atom is 0.413 e. The van der Waals surface area contributed by atoms with E-state index in [1.165, 1.54) is 0 Å². The summed E-state index contributed by atoms with van der Waals surface area (Å²) in [5.74, 6) is 2.11. The molecule has 0 N–H and O–H groups in total. The number of methoxy groups -OCH3 is 1.